The van der Waals surface area contributed by atoms with Gasteiger partial charge in [-0.3, -0.25) is 0 Å². The number of hydrogen-bond acceptors (Lipinski definition) is 1. The molecule has 0 aromatic heterocycles. The summed E-state index contributed by atoms with van der Waals surface area (Å²) in [5.74, 6) is 0. The Morgan fingerprint density at radius 2 is 1.33 bits per heavy atom. The second-order valence-corrected chi connectivity index (χ2v) is 10.5. The van der Waals surface area contributed by atoms with Gasteiger partial charge in [0.05, 0.1) is 0 Å². The summed E-state index contributed by atoms with van der Waals surface area (Å²) in [5, 5.41) is 0. The number of anilines is 2. The lowest BCUT2D eigenvalue weighted by Gasteiger charge is -2.39. The van der Waals surface area contributed by atoms with Crippen LogP contribution in [0.5, 0.6) is 0 Å². The van der Waals surface area contributed by atoms with Gasteiger partial charge in [-0.05, 0) is 90.8 Å². The number of hydrogen-bond donors (Lipinski definition) is 0. The number of rotatable bonds is 3. The average Bonchev–Trinajstić information content (AvgIpc) is 3.05. The molecule has 0 fully saturated rings. The Bertz CT molecular complexity index is 1410. The van der Waals surface area contributed by atoms with Crippen molar-refractivity contribution in [1.82, 2.24) is 0 Å². The molecule has 1 aliphatic rings. The third-order valence-corrected chi connectivity index (χ3v) is 6.84. The van der Waals surface area contributed by atoms with Crippen LogP contribution in [0.3, 0.4) is 0 Å². The van der Waals surface area contributed by atoms with Crippen molar-refractivity contribution in [1.29, 1.82) is 0 Å². The summed E-state index contributed by atoms with van der Waals surface area (Å²) in [6.07, 6.45) is 0. The van der Waals surface area contributed by atoms with Gasteiger partial charge in [-0.1, -0.05) is 80.6 Å². The van der Waals surface area contributed by atoms with E-state index in [1.165, 1.54) is 11.1 Å². The molecular formula is C32H33N. The van der Waals surface area contributed by atoms with E-state index in [0.29, 0.717) is 5.56 Å². The Hall–Kier alpha value is -3.32. The highest BCUT2D eigenvalue weighted by Gasteiger charge is 2.37. The molecule has 33 heavy (non-hydrogen) atoms. The molecule has 0 N–H and O–H groups in total. The first kappa shape index (κ1) is 18.1. The first-order valence-corrected chi connectivity index (χ1v) is 11.6. The molecule has 0 aliphatic heterocycles. The molecule has 0 unspecified atom stereocenters. The van der Waals surface area contributed by atoms with Gasteiger partial charge in [0.2, 0.25) is 0 Å². The summed E-state index contributed by atoms with van der Waals surface area (Å²) < 4.78 is 25.4. The molecule has 0 bridgehead atoms. The normalized spacial score (nSPS) is 15.7. The van der Waals surface area contributed by atoms with Crippen molar-refractivity contribution >= 4 is 11.4 Å². The summed E-state index contributed by atoms with van der Waals surface area (Å²) in [7, 11) is 0. The highest BCUT2D eigenvalue weighted by atomic mass is 15.2. The standard InChI is InChI=1S/C32H33N/c1-22-20-27-26-14-10-11-15-28(26)32(5,6)29(27)21-30(22)33(31(2,3)4)25-18-16-24(17-19-25)23-12-8-7-9-13-23/h7-21H,1-6H3/i1D3. The fourth-order valence-corrected chi connectivity index (χ4v) is 5.24. The second kappa shape index (κ2) is 7.63. The minimum absolute atomic E-state index is 0.214. The minimum atomic E-state index is -2.25. The monoisotopic (exact) mass is 434 g/mol. The van der Waals surface area contributed by atoms with E-state index < -0.39 is 6.85 Å². The zero-order valence-corrected chi connectivity index (χ0v) is 20.1. The topological polar surface area (TPSA) is 3.24 Å². The van der Waals surface area contributed by atoms with Crippen LogP contribution in [-0.4, -0.2) is 5.54 Å². The molecule has 0 atom stereocenters. The molecule has 4 aromatic carbocycles. The molecule has 1 nitrogen and oxygen atoms in total. The summed E-state index contributed by atoms with van der Waals surface area (Å²) >= 11 is 0. The molecular weight excluding hydrogens is 398 g/mol. The molecule has 0 saturated heterocycles. The molecule has 0 amide bonds. The van der Waals surface area contributed by atoms with Gasteiger partial charge in [-0.2, -0.15) is 0 Å². The van der Waals surface area contributed by atoms with E-state index in [1.54, 1.807) is 0 Å². The van der Waals surface area contributed by atoms with Gasteiger partial charge in [0.25, 0.3) is 0 Å². The Morgan fingerprint density at radius 3 is 2.00 bits per heavy atom. The third-order valence-electron chi connectivity index (χ3n) is 6.84. The van der Waals surface area contributed by atoms with Gasteiger partial charge in [-0.25, -0.2) is 0 Å². The van der Waals surface area contributed by atoms with Crippen molar-refractivity contribution in [3.8, 4) is 22.3 Å². The molecule has 166 valence electrons. The van der Waals surface area contributed by atoms with Crippen LogP contribution in [-0.2, 0) is 5.41 Å². The number of aryl methyl sites for hydroxylation is 1. The van der Waals surface area contributed by atoms with Crippen LogP contribution < -0.4 is 4.90 Å². The fourth-order valence-electron chi connectivity index (χ4n) is 5.24. The highest BCUT2D eigenvalue weighted by molar-refractivity contribution is 5.85. The van der Waals surface area contributed by atoms with Crippen LogP contribution in [0, 0.1) is 6.85 Å². The van der Waals surface area contributed by atoms with Crippen LogP contribution in [0.4, 0.5) is 11.4 Å². The fraction of sp³-hybridized carbons (Fsp3) is 0.250. The summed E-state index contributed by atoms with van der Waals surface area (Å²) in [6, 6.07) is 31.1. The molecule has 0 saturated carbocycles. The summed E-state index contributed by atoms with van der Waals surface area (Å²) in [6.45, 7) is 8.61. The lowest BCUT2D eigenvalue weighted by Crippen LogP contribution is -2.38. The van der Waals surface area contributed by atoms with Gasteiger partial charge in [0.15, 0.2) is 0 Å². The summed E-state index contributed by atoms with van der Waals surface area (Å²) in [4.78, 5) is 2.18. The molecule has 5 rings (SSSR count). The smallest absolute Gasteiger partial charge is 0.0448 e. The average molecular weight is 435 g/mol. The lowest BCUT2D eigenvalue weighted by atomic mass is 9.82. The highest BCUT2D eigenvalue weighted by Crippen LogP contribution is 2.51. The van der Waals surface area contributed by atoms with Crippen molar-refractivity contribution in [2.24, 2.45) is 0 Å². The van der Waals surface area contributed by atoms with Gasteiger partial charge in [0, 0.05) is 26.4 Å². The van der Waals surface area contributed by atoms with E-state index in [1.807, 2.05) is 30.3 Å². The van der Waals surface area contributed by atoms with Crippen LogP contribution in [0.25, 0.3) is 22.3 Å². The lowest BCUT2D eigenvalue weighted by molar-refractivity contribution is 0.558. The van der Waals surface area contributed by atoms with E-state index in [0.717, 1.165) is 33.6 Å². The predicted molar refractivity (Wildman–Crippen MR) is 143 cm³/mol. The molecule has 4 aromatic rings. The SMILES string of the molecule is [2H]C([2H])([2H])c1cc2c(cc1N(c1ccc(-c3ccccc3)cc1)C(C)(C)C)C(C)(C)c1ccccc1-2. The van der Waals surface area contributed by atoms with Gasteiger partial charge in [-0.15, -0.1) is 0 Å². The minimum Gasteiger partial charge on any atom is -0.336 e. The van der Waals surface area contributed by atoms with Gasteiger partial charge >= 0.3 is 0 Å². The molecule has 0 heterocycles. The number of fused-ring (bicyclic) bond motifs is 3. The van der Waals surface area contributed by atoms with Crippen molar-refractivity contribution in [3.05, 3.63) is 108 Å². The maximum absolute atomic E-state index is 8.47. The molecule has 0 spiro atoms. The molecule has 1 heteroatoms. The van der Waals surface area contributed by atoms with Crippen molar-refractivity contribution < 1.29 is 4.11 Å². The largest absolute Gasteiger partial charge is 0.336 e. The van der Waals surface area contributed by atoms with Crippen molar-refractivity contribution in [3.63, 3.8) is 0 Å². The maximum atomic E-state index is 8.47. The van der Waals surface area contributed by atoms with E-state index in [9.17, 15) is 0 Å². The van der Waals surface area contributed by atoms with Crippen molar-refractivity contribution in [2.45, 2.75) is 52.4 Å². The van der Waals surface area contributed by atoms with Gasteiger partial charge in [0.1, 0.15) is 0 Å². The van der Waals surface area contributed by atoms with Crippen LogP contribution in [0.2, 0.25) is 0 Å². The maximum Gasteiger partial charge on any atom is 0.0448 e. The number of benzene rings is 4. The van der Waals surface area contributed by atoms with E-state index >= 15 is 0 Å². The van der Waals surface area contributed by atoms with E-state index in [4.69, 9.17) is 4.11 Å². The Morgan fingerprint density at radius 1 is 0.697 bits per heavy atom. The van der Waals surface area contributed by atoms with E-state index in [-0.39, 0.29) is 11.0 Å². The van der Waals surface area contributed by atoms with Crippen LogP contribution in [0.1, 0.15) is 55.4 Å². The van der Waals surface area contributed by atoms with E-state index in [2.05, 4.69) is 100 Å². The first-order valence-electron chi connectivity index (χ1n) is 13.1. The third kappa shape index (κ3) is 3.56. The second-order valence-electron chi connectivity index (χ2n) is 10.5. The first-order chi connectivity index (χ1) is 16.9. The summed E-state index contributed by atoms with van der Waals surface area (Å²) in [5.41, 5.74) is 8.40. The van der Waals surface area contributed by atoms with Gasteiger partial charge < -0.3 is 4.90 Å². The number of nitrogens with zero attached hydrogens (tertiary/aromatic N) is 1. The van der Waals surface area contributed by atoms with Crippen LogP contribution in [0.15, 0.2) is 91.0 Å². The Balaban J connectivity index is 1.71. The quantitative estimate of drug-likeness (QED) is 0.311. The van der Waals surface area contributed by atoms with Crippen molar-refractivity contribution in [2.75, 3.05) is 4.90 Å². The molecule has 1 aliphatic carbocycles. The Labute approximate surface area is 202 Å². The zero-order valence-electron chi connectivity index (χ0n) is 23.1. The predicted octanol–water partition coefficient (Wildman–Crippen LogP) is 8.90. The zero-order chi connectivity index (χ0) is 25.9. The van der Waals surface area contributed by atoms with Crippen LogP contribution >= 0.6 is 0 Å². The Kier molecular flexibility index (Phi) is 4.19. The molecule has 0 radical (unpaired) electrons.